The Bertz CT molecular complexity index is 279. The van der Waals surface area contributed by atoms with Crippen LogP contribution in [0.25, 0.3) is 0 Å². The van der Waals surface area contributed by atoms with Crippen LogP contribution in [0.5, 0.6) is 0 Å². The Hall–Kier alpha value is -0.0500. The van der Waals surface area contributed by atoms with Gasteiger partial charge in [0.15, 0.2) is 0 Å². The molecule has 0 spiro atoms. The number of allylic oxidation sites excluding steroid dienone is 1. The fraction of sp³-hybridized carbons (Fsp3) is 0.905. The van der Waals surface area contributed by atoms with Crippen LogP contribution in [0.4, 0.5) is 0 Å². The first-order valence-electron chi connectivity index (χ1n) is 10.3. The van der Waals surface area contributed by atoms with E-state index in [9.17, 15) is 0 Å². The summed E-state index contributed by atoms with van der Waals surface area (Å²) in [7, 11) is 0. The van der Waals surface area contributed by atoms with E-state index in [0.29, 0.717) is 12.8 Å². The lowest BCUT2D eigenvalue weighted by Crippen LogP contribution is -2.00. The zero-order valence-corrected chi connectivity index (χ0v) is 16.7. The third-order valence-corrected chi connectivity index (χ3v) is 4.95. The first-order valence-corrected chi connectivity index (χ1v) is 10.7. The third kappa shape index (κ3) is 16.8. The summed E-state index contributed by atoms with van der Waals surface area (Å²) in [5, 5.41) is 17.9. The van der Waals surface area contributed by atoms with E-state index in [1.54, 1.807) is 0 Å². The lowest BCUT2D eigenvalue weighted by molar-refractivity contribution is 0.289. The van der Waals surface area contributed by atoms with Gasteiger partial charge in [-0.3, -0.25) is 0 Å². The van der Waals surface area contributed by atoms with Crippen LogP contribution < -0.4 is 0 Å². The van der Waals surface area contributed by atoms with Crippen molar-refractivity contribution in [2.75, 3.05) is 13.2 Å². The van der Waals surface area contributed by atoms with E-state index >= 15 is 0 Å². The zero-order valence-electron chi connectivity index (χ0n) is 15.9. The molecule has 0 heterocycles. The van der Waals surface area contributed by atoms with E-state index in [2.05, 4.69) is 6.92 Å². The first-order chi connectivity index (χ1) is 11.7. The Balaban J connectivity index is 3.51. The number of unbranched alkanes of at least 4 members (excludes halogenated alkanes) is 11. The molecule has 0 saturated carbocycles. The number of aliphatic hydroxyl groups is 2. The molecule has 0 aliphatic rings. The minimum Gasteiger partial charge on any atom is -0.396 e. The first kappa shape index (κ1) is 23.9. The van der Waals surface area contributed by atoms with Gasteiger partial charge in [0, 0.05) is 13.2 Å². The van der Waals surface area contributed by atoms with Gasteiger partial charge in [-0.25, -0.2) is 0 Å². The van der Waals surface area contributed by atoms with Gasteiger partial charge in [0.1, 0.15) is 0 Å². The molecule has 144 valence electrons. The topological polar surface area (TPSA) is 40.5 Å². The van der Waals surface area contributed by atoms with Crippen molar-refractivity contribution in [1.29, 1.82) is 0 Å². The standard InChI is InChI=1S/C21H41ClO2/c1-2-3-4-5-6-7-8-9-10-11-12-13-14-20(15-17-23)19-21(22)16-18-24/h19,21,23-24H,2-18H2,1H3/b20-19-. The summed E-state index contributed by atoms with van der Waals surface area (Å²) >= 11 is 6.14. The van der Waals surface area contributed by atoms with Crippen LogP contribution >= 0.6 is 11.6 Å². The average molecular weight is 361 g/mol. The highest BCUT2D eigenvalue weighted by atomic mass is 35.5. The number of halogens is 1. The Morgan fingerprint density at radius 1 is 0.750 bits per heavy atom. The van der Waals surface area contributed by atoms with Crippen molar-refractivity contribution < 1.29 is 10.2 Å². The highest BCUT2D eigenvalue weighted by molar-refractivity contribution is 6.21. The van der Waals surface area contributed by atoms with Crippen molar-refractivity contribution in [3.8, 4) is 0 Å². The van der Waals surface area contributed by atoms with E-state index in [1.165, 1.54) is 82.6 Å². The van der Waals surface area contributed by atoms with Gasteiger partial charge in [-0.15, -0.1) is 11.6 Å². The molecule has 24 heavy (non-hydrogen) atoms. The summed E-state index contributed by atoms with van der Waals surface area (Å²) in [5.74, 6) is 0. The zero-order chi connectivity index (χ0) is 17.9. The quantitative estimate of drug-likeness (QED) is 0.169. The summed E-state index contributed by atoms with van der Waals surface area (Å²) in [4.78, 5) is 0. The highest BCUT2D eigenvalue weighted by Crippen LogP contribution is 2.18. The smallest absolute Gasteiger partial charge is 0.0540 e. The molecule has 2 nitrogen and oxygen atoms in total. The van der Waals surface area contributed by atoms with Crippen molar-refractivity contribution in [1.82, 2.24) is 0 Å². The Kier molecular flexibility index (Phi) is 19.2. The number of hydrogen-bond donors (Lipinski definition) is 2. The van der Waals surface area contributed by atoms with Crippen molar-refractivity contribution in [2.24, 2.45) is 0 Å². The maximum absolute atomic E-state index is 9.14. The molecule has 0 saturated heterocycles. The van der Waals surface area contributed by atoms with Crippen LogP contribution in [0.1, 0.15) is 103 Å². The summed E-state index contributed by atoms with van der Waals surface area (Å²) in [6.07, 6.45) is 20.7. The molecule has 0 aliphatic carbocycles. The largest absolute Gasteiger partial charge is 0.396 e. The Labute approximate surface area is 155 Å². The predicted octanol–water partition coefficient (Wildman–Crippen LogP) is 6.38. The summed E-state index contributed by atoms with van der Waals surface area (Å²) in [6, 6.07) is 0. The lowest BCUT2D eigenvalue weighted by Gasteiger charge is -2.09. The van der Waals surface area contributed by atoms with E-state index in [4.69, 9.17) is 21.8 Å². The van der Waals surface area contributed by atoms with E-state index in [1.807, 2.05) is 6.08 Å². The van der Waals surface area contributed by atoms with Crippen molar-refractivity contribution in [3.05, 3.63) is 11.6 Å². The molecule has 1 unspecified atom stereocenters. The van der Waals surface area contributed by atoms with E-state index in [-0.39, 0.29) is 18.6 Å². The van der Waals surface area contributed by atoms with Crippen LogP contribution in [0, 0.1) is 0 Å². The van der Waals surface area contributed by atoms with Crippen molar-refractivity contribution in [3.63, 3.8) is 0 Å². The fourth-order valence-electron chi connectivity index (χ4n) is 3.09. The van der Waals surface area contributed by atoms with Gasteiger partial charge in [-0.1, -0.05) is 89.2 Å². The van der Waals surface area contributed by atoms with E-state index < -0.39 is 0 Å². The monoisotopic (exact) mass is 360 g/mol. The molecule has 0 bridgehead atoms. The molecule has 0 aromatic rings. The third-order valence-electron chi connectivity index (χ3n) is 4.61. The molecule has 0 radical (unpaired) electrons. The highest BCUT2D eigenvalue weighted by Gasteiger charge is 2.04. The maximum Gasteiger partial charge on any atom is 0.0540 e. The lowest BCUT2D eigenvalue weighted by atomic mass is 10.0. The van der Waals surface area contributed by atoms with Gasteiger partial charge in [-0.05, 0) is 25.7 Å². The molecule has 2 N–H and O–H groups in total. The van der Waals surface area contributed by atoms with Crippen LogP contribution in [0.2, 0.25) is 0 Å². The van der Waals surface area contributed by atoms with Gasteiger partial charge in [0.05, 0.1) is 5.38 Å². The van der Waals surface area contributed by atoms with Gasteiger partial charge in [-0.2, -0.15) is 0 Å². The number of hydrogen-bond acceptors (Lipinski definition) is 2. The fourth-order valence-corrected chi connectivity index (χ4v) is 3.37. The molecule has 0 amide bonds. The number of alkyl halides is 1. The average Bonchev–Trinajstić information content (AvgIpc) is 2.56. The molecule has 3 heteroatoms. The van der Waals surface area contributed by atoms with Gasteiger partial charge >= 0.3 is 0 Å². The molecular formula is C21H41ClO2. The molecular weight excluding hydrogens is 320 g/mol. The predicted molar refractivity (Wildman–Crippen MR) is 107 cm³/mol. The van der Waals surface area contributed by atoms with Gasteiger partial charge in [0.25, 0.3) is 0 Å². The molecule has 0 aliphatic heterocycles. The molecule has 1 atom stereocenters. The van der Waals surface area contributed by atoms with Crippen LogP contribution in [-0.2, 0) is 0 Å². The summed E-state index contributed by atoms with van der Waals surface area (Å²) in [6.45, 7) is 2.58. The van der Waals surface area contributed by atoms with Crippen molar-refractivity contribution in [2.45, 2.75) is 109 Å². The Morgan fingerprint density at radius 3 is 1.71 bits per heavy atom. The Morgan fingerprint density at radius 2 is 1.25 bits per heavy atom. The van der Waals surface area contributed by atoms with Crippen LogP contribution in [0.15, 0.2) is 11.6 Å². The second-order valence-electron chi connectivity index (χ2n) is 6.97. The van der Waals surface area contributed by atoms with Crippen LogP contribution in [-0.4, -0.2) is 28.8 Å². The molecule has 0 aromatic heterocycles. The van der Waals surface area contributed by atoms with Gasteiger partial charge in [0.2, 0.25) is 0 Å². The SMILES string of the molecule is CCCCCCCCCCCCCC/C(=C/C(Cl)CCO)CCO. The van der Waals surface area contributed by atoms with Gasteiger partial charge < -0.3 is 10.2 Å². The normalized spacial score (nSPS) is 13.4. The second kappa shape index (κ2) is 19.3. The van der Waals surface area contributed by atoms with E-state index in [0.717, 1.165) is 6.42 Å². The molecule has 0 aromatic carbocycles. The van der Waals surface area contributed by atoms with Crippen LogP contribution in [0.3, 0.4) is 0 Å². The summed E-state index contributed by atoms with van der Waals surface area (Å²) in [5.41, 5.74) is 1.25. The van der Waals surface area contributed by atoms with Crippen molar-refractivity contribution >= 4 is 11.6 Å². The summed E-state index contributed by atoms with van der Waals surface area (Å²) < 4.78 is 0. The molecule has 0 rings (SSSR count). The number of aliphatic hydroxyl groups excluding tert-OH is 2. The minimum absolute atomic E-state index is 0.103. The molecule has 0 fully saturated rings. The number of rotatable bonds is 18. The second-order valence-corrected chi connectivity index (χ2v) is 7.53. The maximum atomic E-state index is 9.14. The minimum atomic E-state index is -0.103.